The van der Waals surface area contributed by atoms with Crippen LogP contribution in [0.25, 0.3) is 32.6 Å². The minimum atomic E-state index is -1.04. The van der Waals surface area contributed by atoms with Crippen LogP contribution in [-0.2, 0) is 16.1 Å². The van der Waals surface area contributed by atoms with Gasteiger partial charge in [0.25, 0.3) is 5.78 Å². The smallest absolute Gasteiger partial charge is 0.379 e. The van der Waals surface area contributed by atoms with Gasteiger partial charge in [0, 0.05) is 28.4 Å². The number of hydrogen-bond acceptors (Lipinski definition) is 6. The van der Waals surface area contributed by atoms with Gasteiger partial charge in [-0.3, -0.25) is 14.4 Å². The molecule has 0 fully saturated rings. The second-order valence-electron chi connectivity index (χ2n) is 8.92. The number of esters is 1. The quantitative estimate of drug-likeness (QED) is 0.173. The summed E-state index contributed by atoms with van der Waals surface area (Å²) in [4.78, 5) is 50.6. The monoisotopic (exact) mass is 477 g/mol. The normalized spacial score (nSPS) is 12.6. The van der Waals surface area contributed by atoms with E-state index in [4.69, 9.17) is 9.47 Å². The minimum Gasteiger partial charge on any atom is -0.494 e. The lowest BCUT2D eigenvalue weighted by molar-refractivity contribution is -0.137. The number of rotatable bonds is 11. The van der Waals surface area contributed by atoms with Gasteiger partial charge in [0.2, 0.25) is 10.9 Å². The highest BCUT2D eigenvalue weighted by atomic mass is 16.5. The third-order valence-electron chi connectivity index (χ3n) is 6.78. The Morgan fingerprint density at radius 2 is 1.69 bits per heavy atom. The highest BCUT2D eigenvalue weighted by molar-refractivity contribution is 6.44. The summed E-state index contributed by atoms with van der Waals surface area (Å²) in [7, 11) is 0. The summed E-state index contributed by atoms with van der Waals surface area (Å²) in [5, 5.41) is 1.71. The molecular weight excluding hydrogens is 446 g/mol. The average Bonchev–Trinajstić information content (AvgIpc) is 3.16. The van der Waals surface area contributed by atoms with Crippen LogP contribution in [-0.4, -0.2) is 29.5 Å². The van der Waals surface area contributed by atoms with E-state index in [2.05, 4.69) is 18.4 Å². The Labute approximate surface area is 203 Å². The minimum absolute atomic E-state index is 0.0243. The molecule has 0 N–H and O–H groups in total. The number of ketones is 1. The van der Waals surface area contributed by atoms with Crippen molar-refractivity contribution in [2.75, 3.05) is 13.2 Å². The molecule has 3 aromatic carbocycles. The molecular formula is C28H31NO6. The first-order valence-electron chi connectivity index (χ1n) is 12.4. The van der Waals surface area contributed by atoms with Gasteiger partial charge in [-0.05, 0) is 50.5 Å². The average molecular weight is 478 g/mol. The maximum absolute atomic E-state index is 12.9. The zero-order valence-corrected chi connectivity index (χ0v) is 20.7. The predicted octanol–water partition coefficient (Wildman–Crippen LogP) is 4.90. The first kappa shape index (κ1) is 24.6. The number of Topliss-reactive ketones (excluding diaryl/α,β-unsaturated/α-hetero) is 1. The Balaban J connectivity index is 2.05. The molecule has 4 aromatic rings. The molecule has 35 heavy (non-hydrogen) atoms. The summed E-state index contributed by atoms with van der Waals surface area (Å²) in [5.74, 6) is -0.893. The number of aromatic nitrogens is 1. The van der Waals surface area contributed by atoms with Crippen molar-refractivity contribution in [1.82, 2.24) is 4.57 Å². The highest BCUT2D eigenvalue weighted by Crippen LogP contribution is 2.37. The Hall–Kier alpha value is -3.48. The molecule has 0 aliphatic heterocycles. The van der Waals surface area contributed by atoms with E-state index in [1.165, 1.54) is 0 Å². The summed E-state index contributed by atoms with van der Waals surface area (Å²) < 4.78 is 12.7. The summed E-state index contributed by atoms with van der Waals surface area (Å²) in [6.07, 6.45) is 4.24. The van der Waals surface area contributed by atoms with Crippen LogP contribution in [0.1, 0.15) is 63.7 Å². The topological polar surface area (TPSA) is 91.7 Å². The number of nitrogens with zero attached hydrogens (tertiary/aromatic N) is 1. The first-order valence-corrected chi connectivity index (χ1v) is 12.4. The molecule has 1 heterocycles. The van der Waals surface area contributed by atoms with E-state index >= 15 is 0 Å². The van der Waals surface area contributed by atoms with Crippen LogP contribution in [0.5, 0.6) is 5.75 Å². The Morgan fingerprint density at radius 3 is 2.34 bits per heavy atom. The number of hydrogen-bond donors (Lipinski definition) is 0. The van der Waals surface area contributed by atoms with Gasteiger partial charge in [-0.2, -0.15) is 0 Å². The van der Waals surface area contributed by atoms with Gasteiger partial charge >= 0.3 is 5.97 Å². The molecule has 0 saturated heterocycles. The second kappa shape index (κ2) is 10.0. The van der Waals surface area contributed by atoms with Gasteiger partial charge in [0.1, 0.15) is 5.75 Å². The molecule has 0 spiro atoms. The van der Waals surface area contributed by atoms with Crippen LogP contribution in [0, 0.1) is 5.92 Å². The molecule has 1 aromatic heterocycles. The van der Waals surface area contributed by atoms with Crippen LogP contribution in [0.3, 0.4) is 0 Å². The second-order valence-corrected chi connectivity index (χ2v) is 8.92. The fraction of sp³-hybridized carbons (Fsp3) is 0.429. The molecule has 0 saturated carbocycles. The van der Waals surface area contributed by atoms with Crippen LogP contribution < -0.4 is 15.6 Å². The summed E-state index contributed by atoms with van der Waals surface area (Å²) in [5.41, 5.74) is 0.102. The van der Waals surface area contributed by atoms with Gasteiger partial charge < -0.3 is 14.0 Å². The number of carbonyl (C=O) groups excluding carboxylic acids is 2. The van der Waals surface area contributed by atoms with E-state index < -0.39 is 22.6 Å². The number of fused-ring (bicyclic) bond motifs is 5. The van der Waals surface area contributed by atoms with Gasteiger partial charge in [-0.25, -0.2) is 4.79 Å². The number of benzene rings is 2. The van der Waals surface area contributed by atoms with E-state index in [9.17, 15) is 19.2 Å². The van der Waals surface area contributed by atoms with Crippen molar-refractivity contribution >= 4 is 44.3 Å². The summed E-state index contributed by atoms with van der Waals surface area (Å²) >= 11 is 0. The summed E-state index contributed by atoms with van der Waals surface area (Å²) in [6, 6.07) is 7.30. The lowest BCUT2D eigenvalue weighted by Gasteiger charge is -2.18. The largest absolute Gasteiger partial charge is 0.494 e. The fourth-order valence-electron chi connectivity index (χ4n) is 4.97. The van der Waals surface area contributed by atoms with Gasteiger partial charge in [-0.1, -0.05) is 33.1 Å². The van der Waals surface area contributed by atoms with Crippen molar-refractivity contribution in [2.24, 2.45) is 5.92 Å². The molecule has 7 nitrogen and oxygen atoms in total. The number of carbonyl (C=O) groups is 2. The highest BCUT2D eigenvalue weighted by Gasteiger charge is 2.30. The molecule has 0 aliphatic rings. The van der Waals surface area contributed by atoms with Crippen molar-refractivity contribution in [1.29, 1.82) is 0 Å². The third kappa shape index (κ3) is 4.13. The molecule has 0 aliphatic carbocycles. The SMILES string of the molecule is CCCCC(CC)Cn1c2ccc(OCC)cc2c2cc(C(=O)C(=O)OCC)c3c(=O)c(=O)c3c21. The Bertz CT molecular complexity index is 1500. The third-order valence-corrected chi connectivity index (χ3v) is 6.78. The Morgan fingerprint density at radius 1 is 0.943 bits per heavy atom. The van der Waals surface area contributed by atoms with Crippen LogP contribution in [0.4, 0.5) is 0 Å². The summed E-state index contributed by atoms with van der Waals surface area (Å²) in [6.45, 7) is 9.04. The van der Waals surface area contributed by atoms with E-state index in [1.807, 2.05) is 25.1 Å². The van der Waals surface area contributed by atoms with Crippen LogP contribution >= 0.6 is 0 Å². The van der Waals surface area contributed by atoms with Gasteiger partial charge in [0.15, 0.2) is 0 Å². The lowest BCUT2D eigenvalue weighted by Crippen LogP contribution is -2.34. The standard InChI is InChI=1S/C28H31NO6/c1-5-9-10-16(6-2)15-29-21-12-11-17(34-7-3)13-18(21)19-14-20(25(30)28(33)35-8-4)22-23(24(19)29)27(32)26(22)31/h11-14,16H,5-10,15H2,1-4H3. The number of ether oxygens (including phenoxy) is 2. The molecule has 184 valence electrons. The van der Waals surface area contributed by atoms with Crippen molar-refractivity contribution < 1.29 is 19.1 Å². The van der Waals surface area contributed by atoms with E-state index in [0.29, 0.717) is 35.7 Å². The molecule has 1 atom stereocenters. The molecule has 0 bridgehead atoms. The predicted molar refractivity (Wildman–Crippen MR) is 137 cm³/mol. The van der Waals surface area contributed by atoms with Crippen molar-refractivity contribution in [2.45, 2.75) is 59.9 Å². The van der Waals surface area contributed by atoms with E-state index in [0.717, 1.165) is 36.6 Å². The van der Waals surface area contributed by atoms with Crippen LogP contribution in [0.2, 0.25) is 0 Å². The van der Waals surface area contributed by atoms with E-state index in [1.54, 1.807) is 13.0 Å². The maximum atomic E-state index is 12.9. The van der Waals surface area contributed by atoms with Gasteiger partial charge in [-0.15, -0.1) is 0 Å². The lowest BCUT2D eigenvalue weighted by atomic mass is 9.93. The molecule has 0 radical (unpaired) electrons. The zero-order valence-electron chi connectivity index (χ0n) is 20.7. The molecule has 1 unspecified atom stereocenters. The van der Waals surface area contributed by atoms with E-state index in [-0.39, 0.29) is 22.9 Å². The van der Waals surface area contributed by atoms with Crippen molar-refractivity contribution in [3.05, 3.63) is 50.3 Å². The van der Waals surface area contributed by atoms with Gasteiger partial charge in [0.05, 0.1) is 29.5 Å². The zero-order chi connectivity index (χ0) is 25.3. The van der Waals surface area contributed by atoms with Crippen molar-refractivity contribution in [3.63, 3.8) is 0 Å². The maximum Gasteiger partial charge on any atom is 0.379 e. The Kier molecular flexibility index (Phi) is 7.05. The fourth-order valence-corrected chi connectivity index (χ4v) is 4.97. The molecule has 7 heteroatoms. The molecule has 0 amide bonds. The van der Waals surface area contributed by atoms with Crippen LogP contribution in [0.15, 0.2) is 33.9 Å². The van der Waals surface area contributed by atoms with Crippen molar-refractivity contribution in [3.8, 4) is 5.75 Å². The first-order chi connectivity index (χ1) is 16.9. The number of unbranched alkanes of at least 4 members (excludes halogenated alkanes) is 1. The molecule has 4 rings (SSSR count).